The molecule has 1 N–H and O–H groups in total. The lowest BCUT2D eigenvalue weighted by molar-refractivity contribution is -0.141. The number of hydrogen-bond donors (Lipinski definition) is 1. The van der Waals surface area contributed by atoms with Crippen LogP contribution in [0.15, 0.2) is 41.8 Å². The number of alkyl halides is 3. The van der Waals surface area contributed by atoms with Gasteiger partial charge in [-0.3, -0.25) is 4.79 Å². The summed E-state index contributed by atoms with van der Waals surface area (Å²) in [4.78, 5) is 20.2. The third kappa shape index (κ3) is 3.91. The van der Waals surface area contributed by atoms with Crippen LogP contribution in [-0.4, -0.2) is 15.9 Å². The highest BCUT2D eigenvalue weighted by Crippen LogP contribution is 2.28. The van der Waals surface area contributed by atoms with Gasteiger partial charge in [0.15, 0.2) is 0 Å². The molecule has 2 aromatic heterocycles. The largest absolute Gasteiger partial charge is 0.433 e. The first-order valence-electron chi connectivity index (χ1n) is 7.63. The number of carbonyl (C=O) groups excluding carboxylic acids is 1. The number of pyridine rings is 1. The first-order chi connectivity index (χ1) is 12.2. The number of halogens is 3. The summed E-state index contributed by atoms with van der Waals surface area (Å²) in [7, 11) is 0. The van der Waals surface area contributed by atoms with E-state index >= 15 is 0 Å². The van der Waals surface area contributed by atoms with Crippen LogP contribution in [0.2, 0.25) is 0 Å². The van der Waals surface area contributed by atoms with E-state index in [0.717, 1.165) is 28.4 Å². The van der Waals surface area contributed by atoms with Gasteiger partial charge in [-0.15, -0.1) is 11.3 Å². The highest BCUT2D eigenvalue weighted by atomic mass is 32.1. The van der Waals surface area contributed by atoms with Crippen molar-refractivity contribution in [1.82, 2.24) is 9.97 Å². The summed E-state index contributed by atoms with van der Waals surface area (Å²) in [5.74, 6) is -0.513. The molecule has 2 heterocycles. The van der Waals surface area contributed by atoms with Crippen LogP contribution in [0.3, 0.4) is 0 Å². The molecule has 0 bridgehead atoms. The molecule has 0 radical (unpaired) electrons. The predicted octanol–water partition coefficient (Wildman–Crippen LogP) is 5.09. The van der Waals surface area contributed by atoms with Crippen LogP contribution in [-0.2, 0) is 6.18 Å². The van der Waals surface area contributed by atoms with Gasteiger partial charge >= 0.3 is 6.18 Å². The monoisotopic (exact) mass is 377 g/mol. The van der Waals surface area contributed by atoms with Gasteiger partial charge in [-0.2, -0.15) is 13.2 Å². The van der Waals surface area contributed by atoms with E-state index in [1.165, 1.54) is 6.92 Å². The summed E-state index contributed by atoms with van der Waals surface area (Å²) in [5.41, 5.74) is 1.40. The number of carbonyl (C=O) groups is 1. The quantitative estimate of drug-likeness (QED) is 0.691. The van der Waals surface area contributed by atoms with Gasteiger partial charge in [0.25, 0.3) is 5.91 Å². The van der Waals surface area contributed by atoms with Gasteiger partial charge in [-0.1, -0.05) is 12.1 Å². The van der Waals surface area contributed by atoms with E-state index in [0.29, 0.717) is 5.69 Å². The van der Waals surface area contributed by atoms with Gasteiger partial charge in [0.2, 0.25) is 0 Å². The molecule has 8 heteroatoms. The lowest BCUT2D eigenvalue weighted by Crippen LogP contribution is -2.16. The Labute approximate surface area is 151 Å². The van der Waals surface area contributed by atoms with Crippen LogP contribution >= 0.6 is 11.3 Å². The fraction of sp³-hybridized carbons (Fsp3) is 0.167. The number of aromatic nitrogens is 2. The molecule has 0 fully saturated rings. The molecule has 4 nitrogen and oxygen atoms in total. The molecule has 3 aromatic rings. The first kappa shape index (κ1) is 18.1. The van der Waals surface area contributed by atoms with Crippen LogP contribution in [0.5, 0.6) is 0 Å². The Morgan fingerprint density at radius 2 is 1.73 bits per heavy atom. The highest BCUT2D eigenvalue weighted by molar-refractivity contribution is 7.09. The van der Waals surface area contributed by atoms with Gasteiger partial charge < -0.3 is 5.32 Å². The third-order valence-corrected chi connectivity index (χ3v) is 4.45. The minimum atomic E-state index is -4.54. The Bertz CT molecular complexity index is 949. The molecular weight excluding hydrogens is 363 g/mol. The van der Waals surface area contributed by atoms with Crippen molar-refractivity contribution in [3.8, 4) is 11.3 Å². The molecule has 0 aliphatic heterocycles. The minimum absolute atomic E-state index is 0.0203. The number of aryl methyl sites for hydroxylation is 2. The van der Waals surface area contributed by atoms with Gasteiger partial charge in [-0.25, -0.2) is 9.97 Å². The van der Waals surface area contributed by atoms with Gasteiger partial charge in [0.05, 0.1) is 22.0 Å². The molecule has 1 aromatic carbocycles. The summed E-state index contributed by atoms with van der Waals surface area (Å²) < 4.78 is 38.0. The standard InChI is InChI=1S/C18H14F3N3OS/c1-10-14(7-8-16(22-10)18(19,20)21)17(25)24-13-5-3-12(4-6-13)15-9-26-11(2)23-15/h3-9H,1-2H3,(H,24,25). The molecule has 0 aliphatic rings. The molecule has 1 amide bonds. The number of nitrogens with zero attached hydrogens (tertiary/aromatic N) is 2. The average molecular weight is 377 g/mol. The normalized spacial score (nSPS) is 11.4. The van der Waals surface area contributed by atoms with Crippen molar-refractivity contribution in [2.24, 2.45) is 0 Å². The molecule has 0 atom stereocenters. The van der Waals surface area contributed by atoms with E-state index in [4.69, 9.17) is 0 Å². The van der Waals surface area contributed by atoms with Crippen LogP contribution in [0, 0.1) is 13.8 Å². The third-order valence-electron chi connectivity index (χ3n) is 3.68. The van der Waals surface area contributed by atoms with Crippen molar-refractivity contribution < 1.29 is 18.0 Å². The van der Waals surface area contributed by atoms with Crippen molar-refractivity contribution in [3.63, 3.8) is 0 Å². The van der Waals surface area contributed by atoms with E-state index in [1.807, 2.05) is 24.4 Å². The van der Waals surface area contributed by atoms with Crippen molar-refractivity contribution in [3.05, 3.63) is 63.7 Å². The average Bonchev–Trinajstić information content (AvgIpc) is 3.01. The second-order valence-electron chi connectivity index (χ2n) is 5.61. The van der Waals surface area contributed by atoms with Crippen molar-refractivity contribution in [1.29, 1.82) is 0 Å². The number of nitrogens with one attached hydrogen (secondary N) is 1. The van der Waals surface area contributed by atoms with E-state index in [2.05, 4.69) is 15.3 Å². The Morgan fingerprint density at radius 1 is 1.04 bits per heavy atom. The maximum absolute atomic E-state index is 12.7. The Hall–Kier alpha value is -2.74. The minimum Gasteiger partial charge on any atom is -0.322 e. The number of thiazole rings is 1. The lowest BCUT2D eigenvalue weighted by Gasteiger charge is -2.10. The summed E-state index contributed by atoms with van der Waals surface area (Å²) in [5, 5.41) is 5.57. The summed E-state index contributed by atoms with van der Waals surface area (Å²) >= 11 is 1.55. The molecule has 3 rings (SSSR count). The van der Waals surface area contributed by atoms with Crippen molar-refractivity contribution in [2.45, 2.75) is 20.0 Å². The van der Waals surface area contributed by atoms with E-state index < -0.39 is 17.8 Å². The molecule has 26 heavy (non-hydrogen) atoms. The van der Waals surface area contributed by atoms with Gasteiger partial charge in [0.1, 0.15) is 5.69 Å². The maximum Gasteiger partial charge on any atom is 0.433 e. The topological polar surface area (TPSA) is 54.9 Å². The van der Waals surface area contributed by atoms with E-state index in [1.54, 1.807) is 23.5 Å². The fourth-order valence-electron chi connectivity index (χ4n) is 2.38. The highest BCUT2D eigenvalue weighted by Gasteiger charge is 2.33. The molecular formula is C18H14F3N3OS. The number of hydrogen-bond acceptors (Lipinski definition) is 4. The number of amides is 1. The maximum atomic E-state index is 12.7. The van der Waals surface area contributed by atoms with Crippen molar-refractivity contribution in [2.75, 3.05) is 5.32 Å². The second-order valence-corrected chi connectivity index (χ2v) is 6.67. The lowest BCUT2D eigenvalue weighted by atomic mass is 10.1. The number of benzene rings is 1. The second kappa shape index (κ2) is 6.87. The molecule has 0 unspecified atom stereocenters. The summed E-state index contributed by atoms with van der Waals surface area (Å²) in [6.45, 7) is 3.29. The first-order valence-corrected chi connectivity index (χ1v) is 8.51. The zero-order valence-electron chi connectivity index (χ0n) is 13.9. The SMILES string of the molecule is Cc1nc(-c2ccc(NC(=O)c3ccc(C(F)(F)F)nc3C)cc2)cs1. The molecule has 0 saturated heterocycles. The zero-order chi connectivity index (χ0) is 18.9. The Kier molecular flexibility index (Phi) is 4.78. The zero-order valence-corrected chi connectivity index (χ0v) is 14.7. The molecule has 0 spiro atoms. The summed E-state index contributed by atoms with van der Waals surface area (Å²) in [6.07, 6.45) is -4.54. The smallest absolute Gasteiger partial charge is 0.322 e. The predicted molar refractivity (Wildman–Crippen MR) is 94.2 cm³/mol. The molecule has 134 valence electrons. The van der Waals surface area contributed by atoms with Gasteiger partial charge in [0, 0.05) is 16.6 Å². The van der Waals surface area contributed by atoms with Crippen LogP contribution in [0.25, 0.3) is 11.3 Å². The van der Waals surface area contributed by atoms with E-state index in [9.17, 15) is 18.0 Å². The van der Waals surface area contributed by atoms with Crippen molar-refractivity contribution >= 4 is 22.9 Å². The van der Waals surface area contributed by atoms with Crippen LogP contribution in [0.4, 0.5) is 18.9 Å². The Balaban J connectivity index is 1.76. The van der Waals surface area contributed by atoms with Gasteiger partial charge in [-0.05, 0) is 38.1 Å². The van der Waals surface area contributed by atoms with Crippen LogP contribution < -0.4 is 5.32 Å². The molecule has 0 saturated carbocycles. The summed E-state index contributed by atoms with van der Waals surface area (Å²) in [6, 6.07) is 9.01. The molecule has 0 aliphatic carbocycles. The Morgan fingerprint density at radius 3 is 2.27 bits per heavy atom. The fourth-order valence-corrected chi connectivity index (χ4v) is 3.00. The van der Waals surface area contributed by atoms with Crippen LogP contribution in [0.1, 0.15) is 26.8 Å². The number of anilines is 1. The number of rotatable bonds is 3. The van der Waals surface area contributed by atoms with E-state index in [-0.39, 0.29) is 11.3 Å².